The van der Waals surface area contributed by atoms with E-state index in [2.05, 4.69) is 18.3 Å². The zero-order valence-electron chi connectivity index (χ0n) is 12.0. The summed E-state index contributed by atoms with van der Waals surface area (Å²) >= 11 is 6.53. The second-order valence-electron chi connectivity index (χ2n) is 5.34. The van der Waals surface area contributed by atoms with E-state index < -0.39 is 0 Å². The van der Waals surface area contributed by atoms with Gasteiger partial charge in [0.15, 0.2) is 0 Å². The lowest BCUT2D eigenvalue weighted by atomic mass is 10.0. The lowest BCUT2D eigenvalue weighted by molar-refractivity contribution is -0.116. The number of alkyl halides is 1. The van der Waals surface area contributed by atoms with Crippen LogP contribution in [0.5, 0.6) is 0 Å². The first kappa shape index (κ1) is 14.2. The molecule has 0 saturated carbocycles. The van der Waals surface area contributed by atoms with Gasteiger partial charge in [-0.1, -0.05) is 19.1 Å². The summed E-state index contributed by atoms with van der Waals surface area (Å²) in [7, 11) is 0. The van der Waals surface area contributed by atoms with Crippen molar-refractivity contribution >= 4 is 23.2 Å². The number of anilines is 1. The molecule has 2 aromatic rings. The molecule has 21 heavy (non-hydrogen) atoms. The van der Waals surface area contributed by atoms with Gasteiger partial charge >= 0.3 is 0 Å². The highest BCUT2D eigenvalue weighted by molar-refractivity contribution is 6.22. The minimum Gasteiger partial charge on any atom is -0.464 e. The minimum absolute atomic E-state index is 0.0857. The Bertz CT molecular complexity index is 663. The third-order valence-electron chi connectivity index (χ3n) is 3.83. The summed E-state index contributed by atoms with van der Waals surface area (Å²) in [5.74, 6) is 1.80. The number of fused-ring (bicyclic) bond motifs is 1. The van der Waals surface area contributed by atoms with Gasteiger partial charge in [-0.05, 0) is 42.2 Å². The van der Waals surface area contributed by atoms with E-state index in [0.717, 1.165) is 47.6 Å². The topological polar surface area (TPSA) is 42.2 Å². The lowest BCUT2D eigenvalue weighted by Crippen LogP contribution is -2.09. The van der Waals surface area contributed by atoms with Crippen LogP contribution in [0.4, 0.5) is 5.69 Å². The van der Waals surface area contributed by atoms with Crippen LogP contribution in [0.1, 0.15) is 47.8 Å². The van der Waals surface area contributed by atoms with Crippen LogP contribution in [0.3, 0.4) is 0 Å². The molecule has 1 N–H and O–H groups in total. The number of rotatable bonds is 3. The highest BCUT2D eigenvalue weighted by atomic mass is 35.5. The fraction of sp³-hybridized carbons (Fsp3) is 0.353. The maximum Gasteiger partial charge on any atom is 0.224 e. The molecule has 1 amide bonds. The number of halogens is 1. The summed E-state index contributed by atoms with van der Waals surface area (Å²) in [6.45, 7) is 2.05. The molecule has 2 heterocycles. The number of aryl methyl sites for hydroxylation is 2. The van der Waals surface area contributed by atoms with Crippen molar-refractivity contribution in [2.45, 2.75) is 38.0 Å². The second kappa shape index (κ2) is 5.94. The monoisotopic (exact) mass is 303 g/mol. The van der Waals surface area contributed by atoms with Crippen LogP contribution in [0, 0.1) is 0 Å². The van der Waals surface area contributed by atoms with Gasteiger partial charge in [0.1, 0.15) is 16.9 Å². The second-order valence-corrected chi connectivity index (χ2v) is 5.77. The molecule has 1 atom stereocenters. The quantitative estimate of drug-likeness (QED) is 0.851. The Morgan fingerprint density at radius 3 is 2.90 bits per heavy atom. The van der Waals surface area contributed by atoms with Crippen molar-refractivity contribution in [2.24, 2.45) is 0 Å². The van der Waals surface area contributed by atoms with Gasteiger partial charge in [0.05, 0.1) is 0 Å². The number of carbonyl (C=O) groups excluding carboxylic acids is 1. The van der Waals surface area contributed by atoms with Gasteiger partial charge in [-0.3, -0.25) is 4.79 Å². The van der Waals surface area contributed by atoms with E-state index in [1.807, 2.05) is 24.3 Å². The molecule has 3 rings (SSSR count). The maximum absolute atomic E-state index is 11.6. The summed E-state index contributed by atoms with van der Waals surface area (Å²) < 4.78 is 5.73. The van der Waals surface area contributed by atoms with Crippen LogP contribution in [0.2, 0.25) is 0 Å². The van der Waals surface area contributed by atoms with Crippen LogP contribution >= 0.6 is 11.6 Å². The van der Waals surface area contributed by atoms with Crippen molar-refractivity contribution < 1.29 is 9.21 Å². The Labute approximate surface area is 129 Å². The zero-order chi connectivity index (χ0) is 14.8. The van der Waals surface area contributed by atoms with Crippen molar-refractivity contribution in [3.63, 3.8) is 0 Å². The Balaban J connectivity index is 1.89. The van der Waals surface area contributed by atoms with Crippen LogP contribution < -0.4 is 5.32 Å². The summed E-state index contributed by atoms with van der Waals surface area (Å²) in [5, 5.41) is 2.64. The Morgan fingerprint density at radius 1 is 1.29 bits per heavy atom. The lowest BCUT2D eigenvalue weighted by Gasteiger charge is -2.12. The normalized spacial score (nSPS) is 16.0. The van der Waals surface area contributed by atoms with Crippen molar-refractivity contribution in [3.8, 4) is 0 Å². The average Bonchev–Trinajstić information content (AvgIpc) is 2.89. The molecule has 1 aromatic heterocycles. The molecule has 3 nitrogen and oxygen atoms in total. The molecule has 4 heteroatoms. The largest absolute Gasteiger partial charge is 0.464 e. The molecule has 110 valence electrons. The molecular weight excluding hydrogens is 286 g/mol. The molecule has 1 aliphatic rings. The standard InChI is InChI=1S/C17H18ClNO2/c1-2-13-7-9-15(21-13)17(18)12-6-8-14-11(10-12)4-3-5-16(20)19-14/h6-10,17H,2-5H2,1H3,(H,19,20). The molecule has 0 spiro atoms. The van der Waals surface area contributed by atoms with E-state index in [0.29, 0.717) is 6.42 Å². The average molecular weight is 304 g/mol. The van der Waals surface area contributed by atoms with Gasteiger partial charge in [0.25, 0.3) is 0 Å². The molecule has 0 bridgehead atoms. The molecule has 0 fully saturated rings. The summed E-state index contributed by atoms with van der Waals surface area (Å²) in [6.07, 6.45) is 3.20. The van der Waals surface area contributed by atoms with E-state index >= 15 is 0 Å². The number of nitrogens with one attached hydrogen (secondary N) is 1. The van der Waals surface area contributed by atoms with Crippen LogP contribution in [-0.4, -0.2) is 5.91 Å². The highest BCUT2D eigenvalue weighted by Gasteiger charge is 2.18. The smallest absolute Gasteiger partial charge is 0.224 e. The van der Waals surface area contributed by atoms with Gasteiger partial charge in [-0.2, -0.15) is 0 Å². The fourth-order valence-corrected chi connectivity index (χ4v) is 2.89. The van der Waals surface area contributed by atoms with E-state index in [1.54, 1.807) is 0 Å². The Hall–Kier alpha value is -1.74. The minimum atomic E-state index is -0.297. The van der Waals surface area contributed by atoms with Crippen molar-refractivity contribution in [3.05, 3.63) is 53.0 Å². The fourth-order valence-electron chi connectivity index (χ4n) is 2.64. The number of carbonyl (C=O) groups is 1. The highest BCUT2D eigenvalue weighted by Crippen LogP contribution is 2.33. The Kier molecular flexibility index (Phi) is 4.02. The number of hydrogen-bond acceptors (Lipinski definition) is 2. The zero-order valence-corrected chi connectivity index (χ0v) is 12.7. The Morgan fingerprint density at radius 2 is 2.14 bits per heavy atom. The molecular formula is C17H18ClNO2. The van der Waals surface area contributed by atoms with E-state index in [1.165, 1.54) is 0 Å². The summed E-state index contributed by atoms with van der Waals surface area (Å²) in [6, 6.07) is 9.87. The van der Waals surface area contributed by atoms with Gasteiger partial charge in [0.2, 0.25) is 5.91 Å². The molecule has 0 aliphatic carbocycles. The number of hydrogen-bond donors (Lipinski definition) is 1. The first-order valence-electron chi connectivity index (χ1n) is 7.32. The molecule has 1 aromatic carbocycles. The third kappa shape index (κ3) is 2.98. The number of furan rings is 1. The molecule has 1 aliphatic heterocycles. The van der Waals surface area contributed by atoms with Crippen molar-refractivity contribution in [1.29, 1.82) is 0 Å². The van der Waals surface area contributed by atoms with Gasteiger partial charge in [-0.25, -0.2) is 0 Å². The third-order valence-corrected chi connectivity index (χ3v) is 4.29. The number of benzene rings is 1. The van der Waals surface area contributed by atoms with Crippen LogP contribution in [-0.2, 0) is 17.6 Å². The SMILES string of the molecule is CCc1ccc(C(Cl)c2ccc3c(c2)CCCC(=O)N3)o1. The summed E-state index contributed by atoms with van der Waals surface area (Å²) in [5.41, 5.74) is 3.05. The first-order valence-corrected chi connectivity index (χ1v) is 7.76. The number of amides is 1. The first-order chi connectivity index (χ1) is 10.2. The molecule has 0 saturated heterocycles. The summed E-state index contributed by atoms with van der Waals surface area (Å²) in [4.78, 5) is 11.6. The van der Waals surface area contributed by atoms with Crippen molar-refractivity contribution in [1.82, 2.24) is 0 Å². The van der Waals surface area contributed by atoms with Crippen LogP contribution in [0.25, 0.3) is 0 Å². The predicted octanol–water partition coefficient (Wildman–Crippen LogP) is 4.45. The van der Waals surface area contributed by atoms with Gasteiger partial charge in [0, 0.05) is 18.5 Å². The molecule has 1 unspecified atom stereocenters. The maximum atomic E-state index is 11.6. The predicted molar refractivity (Wildman–Crippen MR) is 83.8 cm³/mol. The van der Waals surface area contributed by atoms with E-state index in [4.69, 9.17) is 16.0 Å². The van der Waals surface area contributed by atoms with Gasteiger partial charge < -0.3 is 9.73 Å². The van der Waals surface area contributed by atoms with Crippen molar-refractivity contribution in [2.75, 3.05) is 5.32 Å². The molecule has 0 radical (unpaired) electrons. The van der Waals surface area contributed by atoms with E-state index in [-0.39, 0.29) is 11.3 Å². The van der Waals surface area contributed by atoms with Gasteiger partial charge in [-0.15, -0.1) is 11.6 Å². The van der Waals surface area contributed by atoms with E-state index in [9.17, 15) is 4.79 Å². The van der Waals surface area contributed by atoms with Crippen LogP contribution in [0.15, 0.2) is 34.7 Å².